The number of anilines is 1. The van der Waals surface area contributed by atoms with Crippen molar-refractivity contribution >= 4 is 46.3 Å². The van der Waals surface area contributed by atoms with Gasteiger partial charge in [0.2, 0.25) is 5.78 Å². The number of fused-ring (bicyclic) bond motifs is 3. The zero-order chi connectivity index (χ0) is 28.4. The van der Waals surface area contributed by atoms with E-state index >= 15 is 0 Å². The maximum absolute atomic E-state index is 13.9. The van der Waals surface area contributed by atoms with E-state index in [1.807, 2.05) is 0 Å². The fourth-order valence-electron chi connectivity index (χ4n) is 6.06. The minimum absolute atomic E-state index is 0. The molecule has 4 atom stereocenters. The van der Waals surface area contributed by atoms with Crippen LogP contribution in [0.25, 0.3) is 5.76 Å². The molecule has 1 amide bonds. The third kappa shape index (κ3) is 4.30. The van der Waals surface area contributed by atoms with Crippen LogP contribution in [-0.2, 0) is 27.3 Å². The minimum Gasteiger partial charge on any atom is -0.508 e. The minimum atomic E-state index is -2.69. The van der Waals surface area contributed by atoms with Crippen LogP contribution in [0.15, 0.2) is 23.0 Å². The van der Waals surface area contributed by atoms with Crippen molar-refractivity contribution in [2.45, 2.75) is 38.5 Å². The summed E-state index contributed by atoms with van der Waals surface area (Å²) in [5.41, 5.74) is 8.72. The second kappa shape index (κ2) is 10.1. The molecule has 0 aromatic heterocycles. The van der Waals surface area contributed by atoms with Crippen LogP contribution in [0, 0.1) is 11.8 Å². The summed E-state index contributed by atoms with van der Waals surface area (Å²) in [6.07, 6.45) is 0.211. The third-order valence-electron chi connectivity index (χ3n) is 7.71. The number of aliphatic hydroxyl groups excluding tert-OH is 2. The van der Waals surface area contributed by atoms with Crippen molar-refractivity contribution in [3.8, 4) is 5.75 Å². The van der Waals surface area contributed by atoms with E-state index in [0.29, 0.717) is 16.8 Å². The van der Waals surface area contributed by atoms with E-state index in [9.17, 15) is 34.8 Å². The molecular weight excluding hydrogens is 526 g/mol. The molecule has 13 heteroatoms. The summed E-state index contributed by atoms with van der Waals surface area (Å²) in [6, 6.07) is 0.585. The second-order valence-electron chi connectivity index (χ2n) is 10.3. The van der Waals surface area contributed by atoms with Crippen LogP contribution < -0.4 is 21.7 Å². The van der Waals surface area contributed by atoms with Crippen LogP contribution >= 0.6 is 12.2 Å². The van der Waals surface area contributed by atoms with Crippen molar-refractivity contribution in [2.24, 2.45) is 23.3 Å². The zero-order valence-corrected chi connectivity index (χ0v) is 22.2. The molecule has 212 valence electrons. The van der Waals surface area contributed by atoms with Crippen molar-refractivity contribution in [2.75, 3.05) is 33.1 Å². The molecule has 3 aliphatic rings. The van der Waals surface area contributed by atoms with Gasteiger partial charge in [0, 0.05) is 43.4 Å². The van der Waals surface area contributed by atoms with Crippen molar-refractivity contribution < 1.29 is 34.8 Å². The van der Waals surface area contributed by atoms with E-state index in [1.165, 1.54) is 4.90 Å². The number of phenols is 1. The molecule has 1 saturated carbocycles. The maximum atomic E-state index is 13.9. The molecule has 1 aromatic carbocycles. The fourth-order valence-corrected chi connectivity index (χ4v) is 6.13. The molecule has 1 aromatic rings. The number of phenolic OH excluding ortho intramolecular Hbond substituents is 1. The van der Waals surface area contributed by atoms with E-state index in [4.69, 9.17) is 23.7 Å². The van der Waals surface area contributed by atoms with Gasteiger partial charge in [-0.05, 0) is 56.7 Å². The Hall–Kier alpha value is -3.68. The van der Waals surface area contributed by atoms with E-state index in [0.717, 1.165) is 0 Å². The summed E-state index contributed by atoms with van der Waals surface area (Å²) in [5.74, 6) is -6.91. The van der Waals surface area contributed by atoms with Gasteiger partial charge in [0.05, 0.1) is 11.6 Å². The number of nitrogens with two attached hydrogens (primary N) is 2. The Morgan fingerprint density at radius 3 is 2.31 bits per heavy atom. The van der Waals surface area contributed by atoms with E-state index < -0.39 is 58.0 Å². The number of aromatic hydroxyl groups is 1. The van der Waals surface area contributed by atoms with Crippen LogP contribution in [0.4, 0.5) is 5.69 Å². The van der Waals surface area contributed by atoms with Gasteiger partial charge in [0.25, 0.3) is 5.91 Å². The van der Waals surface area contributed by atoms with Gasteiger partial charge in [-0.15, -0.1) is 0 Å². The number of benzene rings is 1. The van der Waals surface area contributed by atoms with Crippen LogP contribution in [0.2, 0.25) is 0 Å². The molecule has 3 aliphatic carbocycles. The lowest BCUT2D eigenvalue weighted by atomic mass is 9.57. The lowest BCUT2D eigenvalue weighted by Gasteiger charge is -2.50. The first kappa shape index (κ1) is 29.9. The summed E-state index contributed by atoms with van der Waals surface area (Å²) in [6.45, 7) is 0.0411. The predicted octanol–water partition coefficient (Wildman–Crippen LogP) is -0.000700. The van der Waals surface area contributed by atoms with Crippen LogP contribution in [0.1, 0.15) is 30.5 Å². The molecule has 0 spiro atoms. The van der Waals surface area contributed by atoms with Crippen LogP contribution in [0.3, 0.4) is 0 Å². The third-order valence-corrected chi connectivity index (χ3v) is 7.86. The second-order valence-corrected chi connectivity index (χ2v) is 10.8. The molecule has 0 bridgehead atoms. The van der Waals surface area contributed by atoms with Crippen molar-refractivity contribution in [1.29, 1.82) is 0 Å². The Kier molecular flexibility index (Phi) is 7.76. The summed E-state index contributed by atoms with van der Waals surface area (Å²) in [7, 11) is 6.68. The molecular formula is C26H35N5O7S. The molecule has 4 rings (SSSR count). The fraction of sp³-hybridized carbons (Fsp3) is 0.462. The number of hydrogen-bond donors (Lipinski definition) is 7. The Labute approximate surface area is 231 Å². The molecule has 1 fully saturated rings. The highest BCUT2D eigenvalue weighted by Crippen LogP contribution is 2.54. The number of aliphatic hydroxyl groups is 3. The number of Topliss-reactive ketones (excluding diaryl/α,β-unsaturated/α-hetero) is 2. The highest BCUT2D eigenvalue weighted by atomic mass is 32.1. The summed E-state index contributed by atoms with van der Waals surface area (Å²) in [5, 5.41) is 47.9. The Morgan fingerprint density at radius 1 is 1.18 bits per heavy atom. The number of thiocarbonyl (C=S) groups is 1. The van der Waals surface area contributed by atoms with Crippen molar-refractivity contribution in [3.63, 3.8) is 0 Å². The van der Waals surface area contributed by atoms with Crippen molar-refractivity contribution in [1.82, 2.24) is 10.2 Å². The SMILES string of the molecule is C.CN(C)c1cc(CNC(N)=S)c(O)c2c1C[C@H]1C[C@H]3[C@H](N(C)C)C(=O)C(C(N)=O)=C(O)[C@@]3(O)C(=O)C1=C2O. The van der Waals surface area contributed by atoms with E-state index in [-0.39, 0.29) is 48.8 Å². The predicted molar refractivity (Wildman–Crippen MR) is 149 cm³/mol. The molecule has 0 unspecified atom stereocenters. The van der Waals surface area contributed by atoms with Crippen LogP contribution in [0.5, 0.6) is 5.75 Å². The van der Waals surface area contributed by atoms with E-state index in [1.54, 1.807) is 39.2 Å². The average molecular weight is 562 g/mol. The first-order valence-electron chi connectivity index (χ1n) is 11.9. The standard InChI is InChI=1S/C25H31N5O7S.CH4/c1-29(2)13-7-10(8-28-24(27)38)18(31)15-11(13)5-9-6-12-17(30(3)4)20(33)16(23(26)36)22(35)25(12,37)21(34)14(9)19(15)32;/h7,9,12,17,31-32,35,37H,5-6,8H2,1-4H3,(H2,26,36)(H3,27,28,38);1H4/t9-,12-,17-,25-;/m0./s1. The molecule has 0 heterocycles. The zero-order valence-electron chi connectivity index (χ0n) is 21.4. The van der Waals surface area contributed by atoms with Gasteiger partial charge in [-0.25, -0.2) is 0 Å². The molecule has 9 N–H and O–H groups in total. The number of amides is 1. The van der Waals surface area contributed by atoms with E-state index in [2.05, 4.69) is 5.32 Å². The monoisotopic (exact) mass is 561 g/mol. The number of nitrogens with zero attached hydrogens (tertiary/aromatic N) is 2. The Bertz CT molecular complexity index is 1350. The summed E-state index contributed by atoms with van der Waals surface area (Å²) in [4.78, 5) is 42.5. The number of carbonyl (C=O) groups excluding carboxylic acids is 3. The average Bonchev–Trinajstić information content (AvgIpc) is 2.80. The van der Waals surface area contributed by atoms with Gasteiger partial charge in [0.15, 0.2) is 16.5 Å². The quantitative estimate of drug-likeness (QED) is 0.188. The number of carbonyl (C=O) groups is 3. The lowest BCUT2D eigenvalue weighted by molar-refractivity contribution is -0.153. The van der Waals surface area contributed by atoms with Gasteiger partial charge >= 0.3 is 0 Å². The van der Waals surface area contributed by atoms with Gasteiger partial charge in [-0.1, -0.05) is 7.43 Å². The lowest BCUT2D eigenvalue weighted by Crippen LogP contribution is -2.65. The molecule has 12 nitrogen and oxygen atoms in total. The molecule has 0 saturated heterocycles. The highest BCUT2D eigenvalue weighted by molar-refractivity contribution is 7.80. The normalized spacial score (nSPS) is 25.9. The molecule has 39 heavy (non-hydrogen) atoms. The Morgan fingerprint density at radius 2 is 1.79 bits per heavy atom. The number of hydrogen-bond acceptors (Lipinski definition) is 10. The summed E-state index contributed by atoms with van der Waals surface area (Å²) >= 11 is 4.85. The number of primary amides is 1. The topological polar surface area (TPSA) is 203 Å². The largest absolute Gasteiger partial charge is 0.508 e. The first-order valence-corrected chi connectivity index (χ1v) is 12.3. The van der Waals surface area contributed by atoms with Gasteiger partial charge in [-0.2, -0.15) is 0 Å². The number of likely N-dealkylation sites (N-methyl/N-ethyl adjacent to an activating group) is 1. The Balaban J connectivity index is 0.00000420. The number of nitrogens with one attached hydrogen (secondary N) is 1. The molecule has 0 radical (unpaired) electrons. The smallest absolute Gasteiger partial charge is 0.255 e. The highest BCUT2D eigenvalue weighted by Gasteiger charge is 2.64. The van der Waals surface area contributed by atoms with Crippen LogP contribution in [-0.4, -0.2) is 87.7 Å². The molecule has 0 aliphatic heterocycles. The number of ketones is 2. The summed E-state index contributed by atoms with van der Waals surface area (Å²) < 4.78 is 0. The van der Waals surface area contributed by atoms with Gasteiger partial charge in [0.1, 0.15) is 22.8 Å². The van der Waals surface area contributed by atoms with Gasteiger partial charge < -0.3 is 42.1 Å². The van der Waals surface area contributed by atoms with Gasteiger partial charge in [-0.3, -0.25) is 19.3 Å². The first-order chi connectivity index (χ1) is 17.6. The maximum Gasteiger partial charge on any atom is 0.255 e. The number of rotatable bonds is 5. The van der Waals surface area contributed by atoms with Crippen molar-refractivity contribution in [3.05, 3.63) is 39.7 Å².